The maximum Gasteiger partial charge on any atom is 0.220 e. The SMILES string of the molecule is CC(CC(=O)NCCOc1ccccc1-c1ccccc1)C1CCCNC1. The second-order valence-electron chi connectivity index (χ2n) is 7.35. The molecule has 0 spiro atoms. The Morgan fingerprint density at radius 1 is 1.19 bits per heavy atom. The van der Waals surface area contributed by atoms with Crippen molar-refractivity contribution in [3.63, 3.8) is 0 Å². The largest absolute Gasteiger partial charge is 0.491 e. The van der Waals surface area contributed by atoms with Crippen LogP contribution in [0.3, 0.4) is 0 Å². The van der Waals surface area contributed by atoms with Gasteiger partial charge in [-0.05, 0) is 49.4 Å². The summed E-state index contributed by atoms with van der Waals surface area (Å²) in [5.41, 5.74) is 2.20. The number of amides is 1. The molecule has 0 radical (unpaired) electrons. The summed E-state index contributed by atoms with van der Waals surface area (Å²) in [6, 6.07) is 18.2. The van der Waals surface area contributed by atoms with Crippen molar-refractivity contribution in [2.45, 2.75) is 26.2 Å². The zero-order chi connectivity index (χ0) is 18.9. The number of piperidine rings is 1. The van der Waals surface area contributed by atoms with Crippen LogP contribution < -0.4 is 15.4 Å². The van der Waals surface area contributed by atoms with E-state index in [-0.39, 0.29) is 5.91 Å². The maximum atomic E-state index is 12.2. The van der Waals surface area contributed by atoms with Gasteiger partial charge in [0.1, 0.15) is 12.4 Å². The van der Waals surface area contributed by atoms with E-state index in [0.717, 1.165) is 30.0 Å². The molecular weight excluding hydrogens is 336 g/mol. The van der Waals surface area contributed by atoms with Gasteiger partial charge in [0, 0.05) is 12.0 Å². The molecule has 0 saturated carbocycles. The molecule has 1 fully saturated rings. The van der Waals surface area contributed by atoms with Crippen LogP contribution in [0.1, 0.15) is 26.2 Å². The summed E-state index contributed by atoms with van der Waals surface area (Å²) in [5.74, 6) is 1.99. The molecule has 0 bridgehead atoms. The Hall–Kier alpha value is -2.33. The van der Waals surface area contributed by atoms with E-state index in [1.54, 1.807) is 0 Å². The minimum absolute atomic E-state index is 0.119. The van der Waals surface area contributed by atoms with Crippen molar-refractivity contribution in [3.05, 3.63) is 54.6 Å². The van der Waals surface area contributed by atoms with E-state index < -0.39 is 0 Å². The van der Waals surface area contributed by atoms with Crippen molar-refractivity contribution in [1.29, 1.82) is 0 Å². The normalized spacial score (nSPS) is 17.9. The Bertz CT molecular complexity index is 711. The molecule has 2 N–H and O–H groups in total. The quantitative estimate of drug-likeness (QED) is 0.697. The van der Waals surface area contributed by atoms with Crippen LogP contribution in [0, 0.1) is 11.8 Å². The highest BCUT2D eigenvalue weighted by Gasteiger charge is 2.21. The minimum Gasteiger partial charge on any atom is -0.491 e. The summed E-state index contributed by atoms with van der Waals surface area (Å²) in [6.45, 7) is 5.32. The average Bonchev–Trinajstić information content (AvgIpc) is 2.73. The van der Waals surface area contributed by atoms with Gasteiger partial charge < -0.3 is 15.4 Å². The molecule has 1 heterocycles. The Balaban J connectivity index is 1.43. The number of nitrogens with one attached hydrogen (secondary N) is 2. The number of ether oxygens (including phenoxy) is 1. The Morgan fingerprint density at radius 3 is 2.74 bits per heavy atom. The van der Waals surface area contributed by atoms with Crippen molar-refractivity contribution in [3.8, 4) is 16.9 Å². The van der Waals surface area contributed by atoms with Gasteiger partial charge in [-0.2, -0.15) is 0 Å². The van der Waals surface area contributed by atoms with E-state index in [1.165, 1.54) is 12.8 Å². The van der Waals surface area contributed by atoms with Gasteiger partial charge in [0.15, 0.2) is 0 Å². The van der Waals surface area contributed by atoms with Crippen LogP contribution >= 0.6 is 0 Å². The molecule has 1 aliphatic rings. The van der Waals surface area contributed by atoms with E-state index in [4.69, 9.17) is 4.74 Å². The molecule has 2 atom stereocenters. The molecule has 27 heavy (non-hydrogen) atoms. The molecule has 4 nitrogen and oxygen atoms in total. The summed E-state index contributed by atoms with van der Waals surface area (Å²) in [7, 11) is 0. The van der Waals surface area contributed by atoms with Crippen LogP contribution in [0.2, 0.25) is 0 Å². The van der Waals surface area contributed by atoms with Crippen molar-refractivity contribution in [2.75, 3.05) is 26.2 Å². The third kappa shape index (κ3) is 5.83. The summed E-state index contributed by atoms with van der Waals surface area (Å²) < 4.78 is 5.94. The van der Waals surface area contributed by atoms with Gasteiger partial charge in [-0.3, -0.25) is 4.79 Å². The highest BCUT2D eigenvalue weighted by atomic mass is 16.5. The van der Waals surface area contributed by atoms with Crippen molar-refractivity contribution in [1.82, 2.24) is 10.6 Å². The standard InChI is InChI=1S/C23H30N2O2/c1-18(20-10-7-13-24-17-20)16-23(26)25-14-15-27-22-12-6-5-11-21(22)19-8-3-2-4-9-19/h2-6,8-9,11-12,18,20,24H,7,10,13-17H2,1H3,(H,25,26). The van der Waals surface area contributed by atoms with Gasteiger partial charge in [0.2, 0.25) is 5.91 Å². The second-order valence-corrected chi connectivity index (χ2v) is 7.35. The van der Waals surface area contributed by atoms with Crippen molar-refractivity contribution >= 4 is 5.91 Å². The van der Waals surface area contributed by atoms with E-state index >= 15 is 0 Å². The Labute approximate surface area is 162 Å². The highest BCUT2D eigenvalue weighted by Crippen LogP contribution is 2.29. The number of rotatable bonds is 8. The van der Waals surface area contributed by atoms with Gasteiger partial charge >= 0.3 is 0 Å². The van der Waals surface area contributed by atoms with Crippen LogP contribution in [-0.2, 0) is 4.79 Å². The van der Waals surface area contributed by atoms with Crippen LogP contribution in [0.5, 0.6) is 5.75 Å². The van der Waals surface area contributed by atoms with Crippen molar-refractivity contribution < 1.29 is 9.53 Å². The second kappa shape index (κ2) is 10.1. The van der Waals surface area contributed by atoms with Crippen LogP contribution in [0.4, 0.5) is 0 Å². The summed E-state index contributed by atoms with van der Waals surface area (Å²) in [4.78, 5) is 12.2. The molecular formula is C23H30N2O2. The molecule has 4 heteroatoms. The molecule has 0 aliphatic carbocycles. The Kier molecular flexibility index (Phi) is 7.28. The fraction of sp³-hybridized carbons (Fsp3) is 0.435. The fourth-order valence-corrected chi connectivity index (χ4v) is 3.70. The molecule has 1 amide bonds. The zero-order valence-electron chi connectivity index (χ0n) is 16.1. The van der Waals surface area contributed by atoms with Gasteiger partial charge in [0.05, 0.1) is 6.54 Å². The summed E-state index contributed by atoms with van der Waals surface area (Å²) in [5, 5.41) is 6.42. The lowest BCUT2D eigenvalue weighted by Gasteiger charge is -2.28. The summed E-state index contributed by atoms with van der Waals surface area (Å²) >= 11 is 0. The molecule has 144 valence electrons. The van der Waals surface area contributed by atoms with E-state index in [1.807, 2.05) is 36.4 Å². The number of carbonyl (C=O) groups is 1. The van der Waals surface area contributed by atoms with Crippen LogP contribution in [-0.4, -0.2) is 32.1 Å². The van der Waals surface area contributed by atoms with E-state index in [9.17, 15) is 4.79 Å². The Morgan fingerprint density at radius 2 is 1.96 bits per heavy atom. The molecule has 2 unspecified atom stereocenters. The fourth-order valence-electron chi connectivity index (χ4n) is 3.70. The number of hydrogen-bond acceptors (Lipinski definition) is 3. The lowest BCUT2D eigenvalue weighted by atomic mass is 9.85. The number of benzene rings is 2. The zero-order valence-corrected chi connectivity index (χ0v) is 16.1. The van der Waals surface area contributed by atoms with Crippen molar-refractivity contribution in [2.24, 2.45) is 11.8 Å². The lowest BCUT2D eigenvalue weighted by Crippen LogP contribution is -2.36. The number of carbonyl (C=O) groups excluding carboxylic acids is 1. The first-order chi connectivity index (χ1) is 13.2. The van der Waals surface area contributed by atoms with E-state index in [2.05, 4.69) is 35.8 Å². The topological polar surface area (TPSA) is 50.4 Å². The summed E-state index contributed by atoms with van der Waals surface area (Å²) in [6.07, 6.45) is 3.03. The van der Waals surface area contributed by atoms with Crippen LogP contribution in [0.25, 0.3) is 11.1 Å². The highest BCUT2D eigenvalue weighted by molar-refractivity contribution is 5.76. The average molecular weight is 367 g/mol. The molecule has 1 aliphatic heterocycles. The van der Waals surface area contributed by atoms with Gasteiger partial charge in [0.25, 0.3) is 0 Å². The molecule has 2 aromatic carbocycles. The number of hydrogen-bond donors (Lipinski definition) is 2. The third-order valence-electron chi connectivity index (χ3n) is 5.30. The monoisotopic (exact) mass is 366 g/mol. The first-order valence-electron chi connectivity index (χ1n) is 9.98. The number of para-hydroxylation sites is 1. The minimum atomic E-state index is 0.119. The van der Waals surface area contributed by atoms with Gasteiger partial charge in [-0.15, -0.1) is 0 Å². The molecule has 2 aromatic rings. The third-order valence-corrected chi connectivity index (χ3v) is 5.30. The molecule has 3 rings (SSSR count). The van der Waals surface area contributed by atoms with E-state index in [0.29, 0.717) is 31.4 Å². The van der Waals surface area contributed by atoms with Crippen LogP contribution in [0.15, 0.2) is 54.6 Å². The first kappa shape index (κ1) is 19.4. The van der Waals surface area contributed by atoms with Gasteiger partial charge in [-0.25, -0.2) is 0 Å². The molecule has 1 saturated heterocycles. The predicted molar refractivity (Wildman–Crippen MR) is 110 cm³/mol. The molecule has 0 aromatic heterocycles. The predicted octanol–water partition coefficient (Wildman–Crippen LogP) is 3.87. The van der Waals surface area contributed by atoms with Gasteiger partial charge in [-0.1, -0.05) is 55.5 Å². The first-order valence-corrected chi connectivity index (χ1v) is 9.98. The lowest BCUT2D eigenvalue weighted by molar-refractivity contribution is -0.122. The maximum absolute atomic E-state index is 12.2. The smallest absolute Gasteiger partial charge is 0.220 e.